The van der Waals surface area contributed by atoms with E-state index < -0.39 is 17.3 Å². The van der Waals surface area contributed by atoms with Crippen molar-refractivity contribution in [2.75, 3.05) is 0 Å². The van der Waals surface area contributed by atoms with Gasteiger partial charge in [-0.15, -0.1) is 0 Å². The quantitative estimate of drug-likeness (QED) is 0.812. The summed E-state index contributed by atoms with van der Waals surface area (Å²) in [6, 6.07) is 6.61. The fraction of sp³-hybridized carbons (Fsp3) is 0.154. The van der Waals surface area contributed by atoms with E-state index in [1.807, 2.05) is 0 Å². The first-order valence-corrected chi connectivity index (χ1v) is 5.31. The molecular formula is C13H11NO4. The third kappa shape index (κ3) is 1.60. The number of nitrogens with zero attached hydrogens (tertiary/aromatic N) is 1. The van der Waals surface area contributed by atoms with E-state index in [2.05, 4.69) is 0 Å². The Balaban J connectivity index is 3.14. The molecule has 0 aliphatic rings. The van der Waals surface area contributed by atoms with Crippen molar-refractivity contribution in [2.24, 2.45) is 7.05 Å². The van der Waals surface area contributed by atoms with Crippen molar-refractivity contribution in [3.8, 4) is 0 Å². The van der Waals surface area contributed by atoms with Crippen molar-refractivity contribution in [1.29, 1.82) is 0 Å². The van der Waals surface area contributed by atoms with Gasteiger partial charge in [0.05, 0.1) is 16.6 Å². The fourth-order valence-electron chi connectivity index (χ4n) is 2.04. The molecule has 92 valence electrons. The summed E-state index contributed by atoms with van der Waals surface area (Å²) in [4.78, 5) is 34.8. The largest absolute Gasteiger partial charge is 0.478 e. The van der Waals surface area contributed by atoms with Gasteiger partial charge in [-0.05, 0) is 13.0 Å². The summed E-state index contributed by atoms with van der Waals surface area (Å²) in [5, 5.41) is 9.61. The molecule has 18 heavy (non-hydrogen) atoms. The van der Waals surface area contributed by atoms with E-state index in [0.717, 1.165) is 0 Å². The molecule has 0 radical (unpaired) electrons. The summed E-state index contributed by atoms with van der Waals surface area (Å²) in [5.41, 5.74) is -0.589. The maximum atomic E-state index is 12.0. The van der Waals surface area contributed by atoms with Crippen molar-refractivity contribution in [2.45, 2.75) is 6.92 Å². The van der Waals surface area contributed by atoms with E-state index in [1.165, 1.54) is 18.5 Å². The van der Waals surface area contributed by atoms with Gasteiger partial charge in [-0.25, -0.2) is 4.79 Å². The van der Waals surface area contributed by atoms with Crippen LogP contribution in [-0.4, -0.2) is 21.4 Å². The molecular weight excluding hydrogens is 234 g/mol. The molecule has 0 saturated heterocycles. The Bertz CT molecular complexity index is 728. The maximum Gasteiger partial charge on any atom is 0.337 e. The molecule has 1 N–H and O–H groups in total. The Morgan fingerprint density at radius 2 is 1.78 bits per heavy atom. The first kappa shape index (κ1) is 12.0. The molecule has 1 heterocycles. The summed E-state index contributed by atoms with van der Waals surface area (Å²) in [7, 11) is 1.52. The lowest BCUT2D eigenvalue weighted by atomic mass is 10.0. The van der Waals surface area contributed by atoms with Gasteiger partial charge in [0.25, 0.3) is 5.56 Å². The average Bonchev–Trinajstić information content (AvgIpc) is 2.32. The molecule has 5 heteroatoms. The van der Waals surface area contributed by atoms with Crippen LogP contribution >= 0.6 is 0 Å². The van der Waals surface area contributed by atoms with Gasteiger partial charge in [0.2, 0.25) is 0 Å². The van der Waals surface area contributed by atoms with Crippen LogP contribution in [0, 0.1) is 0 Å². The second-order valence-corrected chi connectivity index (χ2v) is 3.99. The van der Waals surface area contributed by atoms with Crippen LogP contribution in [-0.2, 0) is 7.05 Å². The second kappa shape index (κ2) is 4.10. The monoisotopic (exact) mass is 245 g/mol. The number of rotatable bonds is 2. The number of hydrogen-bond acceptors (Lipinski definition) is 3. The number of pyridine rings is 1. The number of ketones is 1. The van der Waals surface area contributed by atoms with Gasteiger partial charge in [-0.3, -0.25) is 9.59 Å². The molecule has 0 aliphatic heterocycles. The lowest BCUT2D eigenvalue weighted by molar-refractivity contribution is 0.0694. The SMILES string of the molecule is CC(=O)c1c(C(=O)O)c2ccccc2n(C)c1=O. The zero-order valence-electron chi connectivity index (χ0n) is 9.93. The Kier molecular flexibility index (Phi) is 2.74. The number of aromatic carboxylic acids is 1. The molecule has 0 atom stereocenters. The summed E-state index contributed by atoms with van der Waals surface area (Å²) in [6.45, 7) is 1.19. The Labute approximate surface area is 102 Å². The van der Waals surface area contributed by atoms with Crippen LogP contribution < -0.4 is 5.56 Å². The fourth-order valence-corrected chi connectivity index (χ4v) is 2.04. The minimum Gasteiger partial charge on any atom is -0.478 e. The molecule has 0 saturated carbocycles. The minimum absolute atomic E-state index is 0.221. The number of para-hydroxylation sites is 1. The number of carbonyl (C=O) groups excluding carboxylic acids is 1. The highest BCUT2D eigenvalue weighted by Crippen LogP contribution is 2.19. The first-order valence-electron chi connectivity index (χ1n) is 5.31. The van der Waals surface area contributed by atoms with Crippen molar-refractivity contribution in [3.05, 3.63) is 45.7 Å². The van der Waals surface area contributed by atoms with Crippen LogP contribution in [0.25, 0.3) is 10.9 Å². The van der Waals surface area contributed by atoms with Gasteiger partial charge in [-0.2, -0.15) is 0 Å². The molecule has 2 rings (SSSR count). The van der Waals surface area contributed by atoms with E-state index in [1.54, 1.807) is 24.3 Å². The number of Topliss-reactive ketones (excluding diaryl/α,β-unsaturated/α-hetero) is 1. The molecule has 1 aromatic heterocycles. The highest BCUT2D eigenvalue weighted by Gasteiger charge is 2.22. The van der Waals surface area contributed by atoms with Gasteiger partial charge in [-0.1, -0.05) is 18.2 Å². The van der Waals surface area contributed by atoms with Crippen LogP contribution in [0.5, 0.6) is 0 Å². The van der Waals surface area contributed by atoms with Crippen molar-refractivity contribution >= 4 is 22.7 Å². The third-order valence-electron chi connectivity index (χ3n) is 2.87. The summed E-state index contributed by atoms with van der Waals surface area (Å²) < 4.78 is 1.29. The smallest absolute Gasteiger partial charge is 0.337 e. The van der Waals surface area contributed by atoms with Gasteiger partial charge in [0.15, 0.2) is 5.78 Å². The number of aryl methyl sites for hydroxylation is 1. The molecule has 5 nitrogen and oxygen atoms in total. The highest BCUT2D eigenvalue weighted by atomic mass is 16.4. The normalized spacial score (nSPS) is 10.6. The molecule has 0 aliphatic carbocycles. The van der Waals surface area contributed by atoms with Crippen molar-refractivity contribution < 1.29 is 14.7 Å². The van der Waals surface area contributed by atoms with Crippen LogP contribution in [0.4, 0.5) is 0 Å². The maximum absolute atomic E-state index is 12.0. The number of aromatic nitrogens is 1. The van der Waals surface area contributed by atoms with Gasteiger partial charge >= 0.3 is 5.97 Å². The Hall–Kier alpha value is -2.43. The molecule has 0 spiro atoms. The van der Waals surface area contributed by atoms with E-state index >= 15 is 0 Å². The van der Waals surface area contributed by atoms with E-state index in [0.29, 0.717) is 10.9 Å². The molecule has 2 aromatic rings. The number of benzene rings is 1. The number of hydrogen-bond donors (Lipinski definition) is 1. The molecule has 1 aromatic carbocycles. The lowest BCUT2D eigenvalue weighted by Gasteiger charge is -2.11. The number of carboxylic acid groups (broad SMARTS) is 1. The predicted molar refractivity (Wildman–Crippen MR) is 66.2 cm³/mol. The zero-order chi connectivity index (χ0) is 13.4. The van der Waals surface area contributed by atoms with E-state index in [9.17, 15) is 19.5 Å². The van der Waals surface area contributed by atoms with Crippen molar-refractivity contribution in [3.63, 3.8) is 0 Å². The lowest BCUT2D eigenvalue weighted by Crippen LogP contribution is -2.27. The number of carboxylic acids is 1. The standard InChI is InChI=1S/C13H11NO4/c1-7(15)10-11(13(17)18)8-5-3-4-6-9(8)14(2)12(10)16/h3-6H,1-2H3,(H,17,18). The van der Waals surface area contributed by atoms with Crippen LogP contribution in [0.3, 0.4) is 0 Å². The van der Waals surface area contributed by atoms with Crippen molar-refractivity contribution in [1.82, 2.24) is 4.57 Å². The molecule has 0 amide bonds. The van der Waals surface area contributed by atoms with Gasteiger partial charge in [0.1, 0.15) is 0 Å². The van der Waals surface area contributed by atoms with E-state index in [4.69, 9.17) is 0 Å². The van der Waals surface area contributed by atoms with E-state index in [-0.39, 0.29) is 11.1 Å². The Morgan fingerprint density at radius 1 is 1.17 bits per heavy atom. The van der Waals surface area contributed by atoms with Gasteiger partial charge in [0, 0.05) is 12.4 Å². The summed E-state index contributed by atoms with van der Waals surface area (Å²) in [6.07, 6.45) is 0. The average molecular weight is 245 g/mol. The molecule has 0 unspecified atom stereocenters. The number of fused-ring (bicyclic) bond motifs is 1. The van der Waals surface area contributed by atoms with Gasteiger partial charge < -0.3 is 9.67 Å². The van der Waals surface area contributed by atoms with Crippen LogP contribution in [0.2, 0.25) is 0 Å². The Morgan fingerprint density at radius 3 is 2.33 bits per heavy atom. The van der Waals surface area contributed by atoms with Crippen LogP contribution in [0.1, 0.15) is 27.6 Å². The predicted octanol–water partition coefficient (Wildman–Crippen LogP) is 1.44. The number of carbonyl (C=O) groups is 2. The minimum atomic E-state index is -1.27. The first-order chi connectivity index (χ1) is 8.45. The topological polar surface area (TPSA) is 76.4 Å². The third-order valence-corrected chi connectivity index (χ3v) is 2.87. The highest BCUT2D eigenvalue weighted by molar-refractivity contribution is 6.12. The summed E-state index contributed by atoms with van der Waals surface area (Å²) in [5.74, 6) is -1.81. The molecule has 0 fully saturated rings. The van der Waals surface area contributed by atoms with Crippen LogP contribution in [0.15, 0.2) is 29.1 Å². The second-order valence-electron chi connectivity index (χ2n) is 3.99. The zero-order valence-corrected chi connectivity index (χ0v) is 9.93. The molecule has 0 bridgehead atoms. The summed E-state index contributed by atoms with van der Waals surface area (Å²) >= 11 is 0.